The summed E-state index contributed by atoms with van der Waals surface area (Å²) in [5, 5.41) is 21.9. The molecule has 40 heavy (non-hydrogen) atoms. The summed E-state index contributed by atoms with van der Waals surface area (Å²) in [6.07, 6.45) is 6.81. The number of fused-ring (bicyclic) bond motifs is 1. The average molecular weight is 562 g/mol. The third-order valence-corrected chi connectivity index (χ3v) is 8.73. The van der Waals surface area contributed by atoms with E-state index in [1.54, 1.807) is 6.20 Å². The van der Waals surface area contributed by atoms with E-state index in [-0.39, 0.29) is 13.2 Å². The van der Waals surface area contributed by atoms with Gasteiger partial charge in [-0.25, -0.2) is 4.98 Å². The third kappa shape index (κ3) is 9.97. The molecule has 0 aliphatic carbocycles. The SMILES string of the molecule is Nc1cnc2c(c1)N(CCCCCCN1CCN(CCO)CC1)CCN2CCNCCN1CCN(CCO)CC1. The molecule has 2 saturated heterocycles. The summed E-state index contributed by atoms with van der Waals surface area (Å²) >= 11 is 0. The molecule has 4 rings (SSSR count). The van der Waals surface area contributed by atoms with Gasteiger partial charge in [0, 0.05) is 111 Å². The number of anilines is 3. The van der Waals surface area contributed by atoms with Crippen molar-refractivity contribution < 1.29 is 10.2 Å². The monoisotopic (exact) mass is 561 g/mol. The lowest BCUT2D eigenvalue weighted by atomic mass is 10.1. The van der Waals surface area contributed by atoms with Crippen LogP contribution in [0.25, 0.3) is 0 Å². The van der Waals surface area contributed by atoms with Crippen LogP contribution in [0.5, 0.6) is 0 Å². The van der Waals surface area contributed by atoms with Gasteiger partial charge in [-0.3, -0.25) is 14.7 Å². The van der Waals surface area contributed by atoms with Gasteiger partial charge in [-0.2, -0.15) is 0 Å². The van der Waals surface area contributed by atoms with Crippen molar-refractivity contribution in [2.75, 3.05) is 147 Å². The van der Waals surface area contributed by atoms with Gasteiger partial charge in [0.15, 0.2) is 5.82 Å². The maximum Gasteiger partial charge on any atom is 0.152 e. The van der Waals surface area contributed by atoms with E-state index in [1.165, 1.54) is 37.9 Å². The van der Waals surface area contributed by atoms with Crippen molar-refractivity contribution in [3.05, 3.63) is 12.3 Å². The number of aliphatic hydroxyl groups is 2. The average Bonchev–Trinajstić information content (AvgIpc) is 2.97. The standard InChI is InChI=1S/C29H55N9O2/c30-27-25-28-29(32-26-27)38(10-6-31-5-9-34-13-17-36(18-14-34)22-24-40)20-19-37(28)8-4-2-1-3-7-33-11-15-35(16-12-33)21-23-39/h25-26,31,39-40H,1-24,30H2. The lowest BCUT2D eigenvalue weighted by Gasteiger charge is -2.38. The Balaban J connectivity index is 1.10. The zero-order chi connectivity index (χ0) is 28.0. The van der Waals surface area contributed by atoms with Gasteiger partial charge in [0.25, 0.3) is 0 Å². The molecule has 3 aliphatic heterocycles. The van der Waals surface area contributed by atoms with Gasteiger partial charge in [-0.1, -0.05) is 12.8 Å². The summed E-state index contributed by atoms with van der Waals surface area (Å²) in [6.45, 7) is 19.1. The van der Waals surface area contributed by atoms with Crippen molar-refractivity contribution in [3.8, 4) is 0 Å². The normalized spacial score (nSPS) is 19.9. The fraction of sp³-hybridized carbons (Fsp3) is 0.828. The number of nitrogens with two attached hydrogens (primary N) is 1. The first kappa shape index (κ1) is 31.2. The predicted octanol–water partition coefficient (Wildman–Crippen LogP) is -0.340. The Morgan fingerprint density at radius 2 is 1.15 bits per heavy atom. The minimum absolute atomic E-state index is 0.257. The highest BCUT2D eigenvalue weighted by atomic mass is 16.3. The molecule has 0 saturated carbocycles. The fourth-order valence-electron chi connectivity index (χ4n) is 6.18. The van der Waals surface area contributed by atoms with E-state index < -0.39 is 0 Å². The van der Waals surface area contributed by atoms with Gasteiger partial charge < -0.3 is 36.0 Å². The molecule has 0 atom stereocenters. The zero-order valence-corrected chi connectivity index (χ0v) is 24.7. The second-order valence-corrected chi connectivity index (χ2v) is 11.6. The molecule has 0 aromatic carbocycles. The molecule has 0 radical (unpaired) electrons. The van der Waals surface area contributed by atoms with Crippen LogP contribution in [0.2, 0.25) is 0 Å². The van der Waals surface area contributed by atoms with Crippen LogP contribution in [0.1, 0.15) is 25.7 Å². The van der Waals surface area contributed by atoms with E-state index in [0.29, 0.717) is 0 Å². The van der Waals surface area contributed by atoms with E-state index in [2.05, 4.69) is 40.8 Å². The van der Waals surface area contributed by atoms with Gasteiger partial charge in [0.05, 0.1) is 30.8 Å². The molecule has 0 bridgehead atoms. The van der Waals surface area contributed by atoms with Crippen molar-refractivity contribution in [2.45, 2.75) is 25.7 Å². The molecular weight excluding hydrogens is 506 g/mol. The molecule has 11 nitrogen and oxygen atoms in total. The topological polar surface area (TPSA) is 111 Å². The molecule has 3 aliphatic rings. The summed E-state index contributed by atoms with van der Waals surface area (Å²) in [5.41, 5.74) is 8.08. The Kier molecular flexibility index (Phi) is 13.5. The van der Waals surface area contributed by atoms with Gasteiger partial charge in [-0.15, -0.1) is 0 Å². The van der Waals surface area contributed by atoms with E-state index in [9.17, 15) is 0 Å². The molecule has 11 heteroatoms. The number of unbranched alkanes of at least 4 members (excludes halogenated alkanes) is 3. The summed E-state index contributed by atoms with van der Waals surface area (Å²) in [7, 11) is 0. The lowest BCUT2D eigenvalue weighted by molar-refractivity contribution is 0.111. The van der Waals surface area contributed by atoms with Crippen LogP contribution >= 0.6 is 0 Å². The Labute approximate surface area is 241 Å². The zero-order valence-electron chi connectivity index (χ0n) is 24.7. The molecule has 0 amide bonds. The van der Waals surface area contributed by atoms with Gasteiger partial charge in [-0.05, 0) is 25.5 Å². The van der Waals surface area contributed by atoms with Crippen molar-refractivity contribution in [2.24, 2.45) is 0 Å². The highest BCUT2D eigenvalue weighted by Crippen LogP contribution is 2.32. The number of aliphatic hydroxyl groups excluding tert-OH is 2. The first-order valence-corrected chi connectivity index (χ1v) is 15.7. The van der Waals surface area contributed by atoms with Gasteiger partial charge in [0.2, 0.25) is 0 Å². The molecule has 228 valence electrons. The molecule has 1 aromatic rings. The number of hydrogen-bond acceptors (Lipinski definition) is 11. The Hall–Kier alpha value is -1.73. The van der Waals surface area contributed by atoms with Crippen molar-refractivity contribution in [3.63, 3.8) is 0 Å². The highest BCUT2D eigenvalue weighted by molar-refractivity contribution is 5.72. The Morgan fingerprint density at radius 3 is 1.77 bits per heavy atom. The number of β-amino-alcohol motifs (C(OH)–C–C–N with tert-alkyl or cyclic N) is 2. The summed E-state index contributed by atoms with van der Waals surface area (Å²) < 4.78 is 0. The minimum Gasteiger partial charge on any atom is -0.397 e. The van der Waals surface area contributed by atoms with Gasteiger partial charge in [0.1, 0.15) is 0 Å². The Bertz CT molecular complexity index is 832. The Morgan fingerprint density at radius 1 is 0.625 bits per heavy atom. The number of nitrogen functional groups attached to an aromatic ring is 1. The number of pyridine rings is 1. The molecule has 4 heterocycles. The van der Waals surface area contributed by atoms with Crippen molar-refractivity contribution in [1.29, 1.82) is 0 Å². The van der Waals surface area contributed by atoms with Crippen LogP contribution in [0.3, 0.4) is 0 Å². The maximum absolute atomic E-state index is 9.11. The van der Waals surface area contributed by atoms with Crippen LogP contribution < -0.4 is 20.9 Å². The number of rotatable bonds is 17. The number of nitrogens with one attached hydrogen (secondary N) is 1. The van der Waals surface area contributed by atoms with Crippen LogP contribution in [0, 0.1) is 0 Å². The van der Waals surface area contributed by atoms with Crippen molar-refractivity contribution >= 4 is 17.2 Å². The first-order valence-electron chi connectivity index (χ1n) is 15.7. The molecular formula is C29H55N9O2. The summed E-state index contributed by atoms with van der Waals surface area (Å²) in [6, 6.07) is 2.11. The highest BCUT2D eigenvalue weighted by Gasteiger charge is 2.24. The molecule has 5 N–H and O–H groups in total. The fourth-order valence-corrected chi connectivity index (χ4v) is 6.18. The third-order valence-electron chi connectivity index (χ3n) is 8.73. The smallest absolute Gasteiger partial charge is 0.152 e. The second kappa shape index (κ2) is 17.3. The van der Waals surface area contributed by atoms with E-state index >= 15 is 0 Å². The number of nitrogens with zero attached hydrogens (tertiary/aromatic N) is 7. The number of piperazine rings is 2. The van der Waals surface area contributed by atoms with Crippen LogP contribution in [0.4, 0.5) is 17.2 Å². The molecule has 2 fully saturated rings. The van der Waals surface area contributed by atoms with E-state index in [4.69, 9.17) is 20.9 Å². The quantitative estimate of drug-likeness (QED) is 0.188. The molecule has 0 unspecified atom stereocenters. The minimum atomic E-state index is 0.257. The number of aromatic nitrogens is 1. The van der Waals surface area contributed by atoms with Crippen LogP contribution in [0.15, 0.2) is 12.3 Å². The van der Waals surface area contributed by atoms with Crippen LogP contribution in [-0.2, 0) is 0 Å². The summed E-state index contributed by atoms with van der Waals surface area (Å²) in [5.74, 6) is 1.07. The number of hydrogen-bond donors (Lipinski definition) is 4. The predicted molar refractivity (Wildman–Crippen MR) is 164 cm³/mol. The van der Waals surface area contributed by atoms with E-state index in [1.807, 2.05) is 0 Å². The second-order valence-electron chi connectivity index (χ2n) is 11.6. The van der Waals surface area contributed by atoms with Crippen LogP contribution in [-0.4, -0.2) is 166 Å². The molecule has 1 aromatic heterocycles. The maximum atomic E-state index is 9.11. The van der Waals surface area contributed by atoms with E-state index in [0.717, 1.165) is 123 Å². The summed E-state index contributed by atoms with van der Waals surface area (Å²) in [4.78, 5) is 19.4. The first-order chi connectivity index (χ1) is 19.7. The van der Waals surface area contributed by atoms with Crippen molar-refractivity contribution in [1.82, 2.24) is 29.9 Å². The lowest BCUT2D eigenvalue weighted by Crippen LogP contribution is -2.49. The largest absolute Gasteiger partial charge is 0.397 e. The van der Waals surface area contributed by atoms with Gasteiger partial charge >= 0.3 is 0 Å². The molecule has 0 spiro atoms.